The van der Waals surface area contributed by atoms with Crippen LogP contribution in [0.15, 0.2) is 52.4 Å². The number of ether oxygens (including phenoxy) is 1. The molecule has 0 unspecified atom stereocenters. The van der Waals surface area contributed by atoms with Crippen LogP contribution >= 0.6 is 23.2 Å². The molecule has 5 rings (SSSR count). The number of likely N-dealkylation sites (tertiary alicyclic amines) is 1. The third-order valence-electron chi connectivity index (χ3n) is 9.74. The van der Waals surface area contributed by atoms with Crippen LogP contribution in [-0.2, 0) is 26.2 Å². The van der Waals surface area contributed by atoms with Gasteiger partial charge >= 0.3 is 0 Å². The highest BCUT2D eigenvalue weighted by atomic mass is 35.5. The van der Waals surface area contributed by atoms with Gasteiger partial charge in [-0.1, -0.05) is 41.4 Å². The van der Waals surface area contributed by atoms with E-state index in [2.05, 4.69) is 19.6 Å². The maximum Gasteiger partial charge on any atom is 0.243 e. The Morgan fingerprint density at radius 3 is 2.40 bits per heavy atom. The van der Waals surface area contributed by atoms with Crippen LogP contribution in [0, 0.1) is 6.92 Å². The number of carbonyl (C=O) groups is 2. The topological polar surface area (TPSA) is 203 Å². The average Bonchev–Trinajstić information content (AvgIpc) is 3.12. The molecule has 0 spiro atoms. The van der Waals surface area contributed by atoms with Crippen molar-refractivity contribution in [2.45, 2.75) is 75.6 Å². The van der Waals surface area contributed by atoms with E-state index < -0.39 is 21.6 Å². The lowest BCUT2D eigenvalue weighted by Gasteiger charge is -2.44. The van der Waals surface area contributed by atoms with Crippen molar-refractivity contribution in [1.82, 2.24) is 24.4 Å². The number of rotatable bonds is 13. The van der Waals surface area contributed by atoms with Crippen molar-refractivity contribution in [2.24, 2.45) is 22.2 Å². The number of aromatic nitrogens is 1. The predicted molar refractivity (Wildman–Crippen MR) is 207 cm³/mol. The van der Waals surface area contributed by atoms with Crippen LogP contribution in [0.2, 0.25) is 10.0 Å². The Morgan fingerprint density at radius 2 is 1.72 bits per heavy atom. The van der Waals surface area contributed by atoms with Gasteiger partial charge in [0.15, 0.2) is 5.96 Å². The number of pyridine rings is 1. The number of piperidine rings is 1. The lowest BCUT2D eigenvalue weighted by atomic mass is 9.98. The SMILES string of the molecule is Cc1ccc2cccc(OCc3c(Cl)ccc(S(=O)(=O)NC(C)(C)C(=O)N4CCC(N5CCN(C(=O)[C@@H](N)CCCN=C(N)N)CC5)CC4)c3Cl)c2n1. The van der Waals surface area contributed by atoms with E-state index >= 15 is 0 Å². The molecule has 2 amide bonds. The zero-order valence-corrected chi connectivity index (χ0v) is 32.7. The molecule has 17 heteroatoms. The van der Waals surface area contributed by atoms with Crippen LogP contribution in [0.25, 0.3) is 10.9 Å². The Hall–Kier alpha value is -3.73. The summed E-state index contributed by atoms with van der Waals surface area (Å²) < 4.78 is 36.2. The zero-order chi connectivity index (χ0) is 38.5. The number of nitrogens with two attached hydrogens (primary N) is 3. The molecule has 3 heterocycles. The molecule has 1 atom stereocenters. The Bertz CT molecular complexity index is 1940. The summed E-state index contributed by atoms with van der Waals surface area (Å²) in [5, 5.41) is 1.04. The maximum atomic E-state index is 13.8. The van der Waals surface area contributed by atoms with Crippen LogP contribution in [-0.4, -0.2) is 109 Å². The molecule has 2 saturated heterocycles. The Balaban J connectivity index is 1.15. The summed E-state index contributed by atoms with van der Waals surface area (Å²) in [5.74, 6) is 0.117. The van der Waals surface area contributed by atoms with Crippen molar-refractivity contribution in [1.29, 1.82) is 0 Å². The molecule has 53 heavy (non-hydrogen) atoms. The Kier molecular flexibility index (Phi) is 13.1. The van der Waals surface area contributed by atoms with Gasteiger partial charge in [0.25, 0.3) is 0 Å². The normalized spacial score (nSPS) is 16.8. The van der Waals surface area contributed by atoms with Gasteiger partial charge in [-0.15, -0.1) is 0 Å². The summed E-state index contributed by atoms with van der Waals surface area (Å²) in [6, 6.07) is 11.8. The van der Waals surface area contributed by atoms with E-state index in [-0.39, 0.29) is 45.4 Å². The van der Waals surface area contributed by atoms with Gasteiger partial charge in [-0.3, -0.25) is 19.5 Å². The van der Waals surface area contributed by atoms with Crippen LogP contribution in [0.1, 0.15) is 50.8 Å². The summed E-state index contributed by atoms with van der Waals surface area (Å²) >= 11 is 13.2. The van der Waals surface area contributed by atoms with Gasteiger partial charge in [-0.2, -0.15) is 4.72 Å². The first-order chi connectivity index (χ1) is 25.1. The van der Waals surface area contributed by atoms with Crippen LogP contribution < -0.4 is 26.7 Å². The first-order valence-corrected chi connectivity index (χ1v) is 19.9. The minimum Gasteiger partial charge on any atom is -0.487 e. The third kappa shape index (κ3) is 9.88. The summed E-state index contributed by atoms with van der Waals surface area (Å²) in [4.78, 5) is 40.8. The number of aliphatic imine (C=N–C) groups is 1. The fourth-order valence-corrected chi connectivity index (χ4v) is 9.11. The number of piperazine rings is 1. The highest BCUT2D eigenvalue weighted by Gasteiger charge is 2.39. The fourth-order valence-electron chi connectivity index (χ4n) is 6.85. The van der Waals surface area contributed by atoms with Gasteiger partial charge in [0.05, 0.1) is 11.1 Å². The van der Waals surface area contributed by atoms with Gasteiger partial charge in [-0.05, 0) is 70.7 Å². The van der Waals surface area contributed by atoms with Gasteiger partial charge in [0.2, 0.25) is 21.8 Å². The highest BCUT2D eigenvalue weighted by molar-refractivity contribution is 7.89. The molecule has 3 aromatic rings. The molecular formula is C36H49Cl2N9O5S. The average molecular weight is 791 g/mol. The molecule has 0 bridgehead atoms. The van der Waals surface area contributed by atoms with E-state index in [1.807, 2.05) is 31.2 Å². The Labute approximate surface area is 321 Å². The molecular weight excluding hydrogens is 741 g/mol. The van der Waals surface area contributed by atoms with Gasteiger partial charge < -0.3 is 31.7 Å². The second-order valence-corrected chi connectivity index (χ2v) is 16.5. The van der Waals surface area contributed by atoms with Crippen molar-refractivity contribution in [3.8, 4) is 5.75 Å². The second kappa shape index (κ2) is 17.2. The number of hydrogen-bond acceptors (Lipinski definition) is 9. The monoisotopic (exact) mass is 789 g/mol. The van der Waals surface area contributed by atoms with Crippen molar-refractivity contribution in [3.63, 3.8) is 0 Å². The van der Waals surface area contributed by atoms with E-state index in [0.717, 1.165) is 23.9 Å². The molecule has 0 aliphatic carbocycles. The number of guanidine groups is 1. The van der Waals surface area contributed by atoms with Crippen LogP contribution in [0.4, 0.5) is 0 Å². The molecule has 2 aliphatic rings. The van der Waals surface area contributed by atoms with Crippen molar-refractivity contribution >= 4 is 61.9 Å². The molecule has 1 aromatic heterocycles. The second-order valence-electron chi connectivity index (χ2n) is 14.1. The minimum atomic E-state index is -4.27. The quantitative estimate of drug-likeness (QED) is 0.113. The lowest BCUT2D eigenvalue weighted by Crippen LogP contribution is -2.60. The van der Waals surface area contributed by atoms with Crippen LogP contribution in [0.3, 0.4) is 0 Å². The number of benzene rings is 2. The number of aryl methyl sites for hydroxylation is 1. The van der Waals surface area contributed by atoms with Crippen LogP contribution in [0.5, 0.6) is 5.75 Å². The van der Waals surface area contributed by atoms with E-state index in [9.17, 15) is 18.0 Å². The minimum absolute atomic E-state index is 0.0203. The number of nitrogens with zero attached hydrogens (tertiary/aromatic N) is 5. The smallest absolute Gasteiger partial charge is 0.243 e. The number of halogens is 2. The third-order valence-corrected chi connectivity index (χ3v) is 12.3. The molecule has 14 nitrogen and oxygen atoms in total. The van der Waals surface area contributed by atoms with E-state index in [1.54, 1.807) is 29.7 Å². The maximum absolute atomic E-state index is 13.8. The Morgan fingerprint density at radius 1 is 1.02 bits per heavy atom. The number of nitrogens with one attached hydrogen (secondary N) is 1. The fraction of sp³-hybridized carbons (Fsp3) is 0.500. The first-order valence-electron chi connectivity index (χ1n) is 17.7. The largest absolute Gasteiger partial charge is 0.487 e. The van der Waals surface area contributed by atoms with E-state index in [4.69, 9.17) is 45.1 Å². The van der Waals surface area contributed by atoms with Crippen molar-refractivity contribution < 1.29 is 22.7 Å². The van der Waals surface area contributed by atoms with E-state index in [1.165, 1.54) is 12.1 Å². The number of carbonyl (C=O) groups excluding carboxylic acids is 2. The number of hydrogen-bond donors (Lipinski definition) is 4. The molecule has 0 saturated carbocycles. The molecule has 2 aromatic carbocycles. The zero-order valence-electron chi connectivity index (χ0n) is 30.4. The molecule has 0 radical (unpaired) electrons. The number of amides is 2. The number of fused-ring (bicyclic) bond motifs is 1. The standard InChI is InChI=1S/C36H49Cl2N9O5S/c1-23-9-10-24-6-4-8-29(32(24)43-23)52-22-26-27(37)11-12-30(31(26)38)53(50,51)44-36(2,3)34(49)47-16-13-25(14-17-47)45-18-20-46(21-19-45)33(48)28(39)7-5-15-42-35(40)41/h4,6,8-12,25,28,44H,5,7,13-22,39H2,1-3H3,(H4,40,41,42)/t28-/m0/s1. The number of sulfonamides is 1. The molecule has 288 valence electrons. The summed E-state index contributed by atoms with van der Waals surface area (Å²) in [6.07, 6.45) is 2.58. The predicted octanol–water partition coefficient (Wildman–Crippen LogP) is 3.00. The highest BCUT2D eigenvalue weighted by Crippen LogP contribution is 2.34. The summed E-state index contributed by atoms with van der Waals surface area (Å²) in [5.41, 5.74) is 17.2. The summed E-state index contributed by atoms with van der Waals surface area (Å²) in [7, 11) is -4.27. The summed E-state index contributed by atoms with van der Waals surface area (Å²) in [6.45, 7) is 8.83. The molecule has 2 fully saturated rings. The molecule has 2 aliphatic heterocycles. The molecule has 7 N–H and O–H groups in total. The number of para-hydroxylation sites is 1. The van der Waals surface area contributed by atoms with Crippen molar-refractivity contribution in [3.05, 3.63) is 63.8 Å². The van der Waals surface area contributed by atoms with Gasteiger partial charge in [-0.25, -0.2) is 13.4 Å². The van der Waals surface area contributed by atoms with Gasteiger partial charge in [0, 0.05) is 73.5 Å². The first kappa shape index (κ1) is 40.5. The van der Waals surface area contributed by atoms with Gasteiger partial charge in [0.1, 0.15) is 28.3 Å². The van der Waals surface area contributed by atoms with Crippen molar-refractivity contribution in [2.75, 3.05) is 45.8 Å². The van der Waals surface area contributed by atoms with E-state index in [0.29, 0.717) is 75.5 Å². The lowest BCUT2D eigenvalue weighted by molar-refractivity contribution is -0.139.